The second-order valence-electron chi connectivity index (χ2n) is 5.45. The molecule has 1 aliphatic carbocycles. The summed E-state index contributed by atoms with van der Waals surface area (Å²) in [7, 11) is 0. The van der Waals surface area contributed by atoms with Gasteiger partial charge in [0.05, 0.1) is 17.2 Å². The number of aromatic nitrogens is 1. The number of hydrogen-bond acceptors (Lipinski definition) is 4. The minimum absolute atomic E-state index is 0.0951. The first-order valence-electron chi connectivity index (χ1n) is 7.27. The topological polar surface area (TPSA) is 68.0 Å². The van der Waals surface area contributed by atoms with Crippen molar-refractivity contribution in [1.29, 1.82) is 0 Å². The van der Waals surface area contributed by atoms with Crippen molar-refractivity contribution in [1.82, 2.24) is 10.3 Å². The van der Waals surface area contributed by atoms with Gasteiger partial charge < -0.3 is 11.1 Å². The summed E-state index contributed by atoms with van der Waals surface area (Å²) in [5.74, 6) is 0.0951. The number of amides is 1. The maximum absolute atomic E-state index is 12.1. The number of nitrogens with two attached hydrogens (primary N) is 1. The predicted molar refractivity (Wildman–Crippen MR) is 85.1 cm³/mol. The number of nitrogens with one attached hydrogen (secondary N) is 1. The van der Waals surface area contributed by atoms with Crippen molar-refractivity contribution in [3.8, 4) is 0 Å². The van der Waals surface area contributed by atoms with Crippen LogP contribution in [0.5, 0.6) is 0 Å². The molecule has 1 aromatic heterocycles. The highest BCUT2D eigenvalue weighted by Crippen LogP contribution is 2.31. The van der Waals surface area contributed by atoms with Gasteiger partial charge in [-0.05, 0) is 48.9 Å². The Morgan fingerprint density at radius 3 is 3.19 bits per heavy atom. The monoisotopic (exact) mass is 301 g/mol. The van der Waals surface area contributed by atoms with Crippen LogP contribution < -0.4 is 11.1 Å². The Kier molecular flexibility index (Phi) is 4.20. The van der Waals surface area contributed by atoms with Crippen molar-refractivity contribution in [2.24, 2.45) is 0 Å². The van der Waals surface area contributed by atoms with E-state index in [1.165, 1.54) is 11.1 Å². The summed E-state index contributed by atoms with van der Waals surface area (Å²) in [5.41, 5.74) is 11.9. The van der Waals surface area contributed by atoms with E-state index in [2.05, 4.69) is 16.4 Å². The molecular weight excluding hydrogens is 282 g/mol. The molecule has 0 fully saturated rings. The van der Waals surface area contributed by atoms with Gasteiger partial charge in [-0.2, -0.15) is 0 Å². The van der Waals surface area contributed by atoms with E-state index in [4.69, 9.17) is 5.73 Å². The van der Waals surface area contributed by atoms with E-state index in [0.29, 0.717) is 12.8 Å². The number of rotatable bonds is 4. The summed E-state index contributed by atoms with van der Waals surface area (Å²) < 4.78 is 0. The van der Waals surface area contributed by atoms with E-state index in [0.717, 1.165) is 30.6 Å². The molecule has 0 saturated carbocycles. The minimum atomic E-state index is 0.0951. The lowest BCUT2D eigenvalue weighted by Gasteiger charge is -2.26. The van der Waals surface area contributed by atoms with E-state index in [1.54, 1.807) is 16.8 Å². The standard InChI is InChI=1S/C16H19N3OS/c17-12-4-6-14-11(8-12)2-1-3-15(14)19-16(20)7-5-13-9-21-10-18-13/h4,6,8-10,15H,1-3,5,7,17H2,(H,19,20). The smallest absolute Gasteiger partial charge is 0.220 e. The Balaban J connectivity index is 1.62. The molecule has 0 radical (unpaired) electrons. The molecule has 5 heteroatoms. The van der Waals surface area contributed by atoms with Crippen molar-refractivity contribution in [3.63, 3.8) is 0 Å². The number of hydrogen-bond donors (Lipinski definition) is 2. The number of nitrogen functional groups attached to an aromatic ring is 1. The fourth-order valence-electron chi connectivity index (χ4n) is 2.85. The van der Waals surface area contributed by atoms with E-state index in [-0.39, 0.29) is 11.9 Å². The molecule has 3 N–H and O–H groups in total. The first kappa shape index (κ1) is 14.1. The van der Waals surface area contributed by atoms with Gasteiger partial charge in [-0.3, -0.25) is 4.79 Å². The molecule has 1 atom stereocenters. The predicted octanol–water partition coefficient (Wildman–Crippen LogP) is 2.85. The van der Waals surface area contributed by atoms with Crippen LogP contribution in [0.15, 0.2) is 29.1 Å². The fourth-order valence-corrected chi connectivity index (χ4v) is 3.45. The third-order valence-electron chi connectivity index (χ3n) is 3.91. The molecule has 1 aliphatic rings. The van der Waals surface area contributed by atoms with Crippen LogP contribution in [-0.2, 0) is 17.6 Å². The molecule has 21 heavy (non-hydrogen) atoms. The van der Waals surface area contributed by atoms with Crippen LogP contribution in [0.2, 0.25) is 0 Å². The Bertz CT molecular complexity index is 624. The summed E-state index contributed by atoms with van der Waals surface area (Å²) in [5, 5.41) is 5.14. The highest BCUT2D eigenvalue weighted by Gasteiger charge is 2.21. The van der Waals surface area contributed by atoms with Crippen molar-refractivity contribution in [2.45, 2.75) is 38.1 Å². The minimum Gasteiger partial charge on any atom is -0.399 e. The van der Waals surface area contributed by atoms with Gasteiger partial charge in [-0.25, -0.2) is 4.98 Å². The van der Waals surface area contributed by atoms with Gasteiger partial charge in [0.1, 0.15) is 0 Å². The molecule has 1 unspecified atom stereocenters. The number of thiazole rings is 1. The number of anilines is 1. The van der Waals surface area contributed by atoms with Gasteiger partial charge in [0.15, 0.2) is 0 Å². The van der Waals surface area contributed by atoms with Crippen LogP contribution in [0.4, 0.5) is 5.69 Å². The number of fused-ring (bicyclic) bond motifs is 1. The van der Waals surface area contributed by atoms with Crippen LogP contribution >= 0.6 is 11.3 Å². The molecule has 1 aromatic carbocycles. The molecule has 4 nitrogen and oxygen atoms in total. The molecule has 110 valence electrons. The number of benzene rings is 1. The highest BCUT2D eigenvalue weighted by molar-refractivity contribution is 7.07. The maximum Gasteiger partial charge on any atom is 0.220 e. The van der Waals surface area contributed by atoms with Crippen LogP contribution in [-0.4, -0.2) is 10.9 Å². The molecule has 2 aromatic rings. The van der Waals surface area contributed by atoms with E-state index in [1.807, 2.05) is 17.5 Å². The zero-order valence-electron chi connectivity index (χ0n) is 11.8. The molecule has 1 amide bonds. The first-order valence-corrected chi connectivity index (χ1v) is 8.21. The van der Waals surface area contributed by atoms with Crippen molar-refractivity contribution in [3.05, 3.63) is 45.9 Å². The number of nitrogens with zero attached hydrogens (tertiary/aromatic N) is 1. The third-order valence-corrected chi connectivity index (χ3v) is 4.54. The molecule has 0 spiro atoms. The number of aryl methyl sites for hydroxylation is 2. The zero-order valence-corrected chi connectivity index (χ0v) is 12.7. The summed E-state index contributed by atoms with van der Waals surface area (Å²) in [4.78, 5) is 16.3. The SMILES string of the molecule is Nc1ccc2c(c1)CCCC2NC(=O)CCc1cscn1. The quantitative estimate of drug-likeness (QED) is 0.853. The van der Waals surface area contributed by atoms with Crippen molar-refractivity contribution < 1.29 is 4.79 Å². The highest BCUT2D eigenvalue weighted by atomic mass is 32.1. The summed E-state index contributed by atoms with van der Waals surface area (Å²) in [6.45, 7) is 0. The largest absolute Gasteiger partial charge is 0.399 e. The van der Waals surface area contributed by atoms with Gasteiger partial charge in [0.2, 0.25) is 5.91 Å². The Morgan fingerprint density at radius 1 is 1.48 bits per heavy atom. The lowest BCUT2D eigenvalue weighted by atomic mass is 9.87. The second kappa shape index (κ2) is 6.26. The first-order chi connectivity index (χ1) is 10.2. The fraction of sp³-hybridized carbons (Fsp3) is 0.375. The van der Waals surface area contributed by atoms with Gasteiger partial charge in [0.25, 0.3) is 0 Å². The van der Waals surface area contributed by atoms with Crippen molar-refractivity contribution in [2.75, 3.05) is 5.73 Å². The van der Waals surface area contributed by atoms with Gasteiger partial charge in [0, 0.05) is 17.5 Å². The summed E-state index contributed by atoms with van der Waals surface area (Å²) in [6.07, 6.45) is 4.33. The molecule has 0 bridgehead atoms. The average Bonchev–Trinajstić information content (AvgIpc) is 2.98. The average molecular weight is 301 g/mol. The van der Waals surface area contributed by atoms with Crippen molar-refractivity contribution >= 4 is 22.9 Å². The van der Waals surface area contributed by atoms with E-state index < -0.39 is 0 Å². The second-order valence-corrected chi connectivity index (χ2v) is 6.17. The van der Waals surface area contributed by atoms with Gasteiger partial charge in [-0.1, -0.05) is 6.07 Å². The summed E-state index contributed by atoms with van der Waals surface area (Å²) in [6, 6.07) is 6.12. The zero-order chi connectivity index (χ0) is 14.7. The van der Waals surface area contributed by atoms with E-state index in [9.17, 15) is 4.79 Å². The van der Waals surface area contributed by atoms with Crippen LogP contribution in [0.1, 0.15) is 42.1 Å². The summed E-state index contributed by atoms with van der Waals surface area (Å²) >= 11 is 1.56. The lowest BCUT2D eigenvalue weighted by molar-refractivity contribution is -0.121. The van der Waals surface area contributed by atoms with Crippen LogP contribution in [0.3, 0.4) is 0 Å². The molecule has 0 saturated heterocycles. The normalized spacial score (nSPS) is 17.2. The number of carbonyl (C=O) groups is 1. The van der Waals surface area contributed by atoms with E-state index >= 15 is 0 Å². The van der Waals surface area contributed by atoms with Gasteiger partial charge in [-0.15, -0.1) is 11.3 Å². The lowest BCUT2D eigenvalue weighted by Crippen LogP contribution is -2.31. The maximum atomic E-state index is 12.1. The molecule has 0 aliphatic heterocycles. The molecule has 3 rings (SSSR count). The molecule has 1 heterocycles. The Morgan fingerprint density at radius 2 is 2.38 bits per heavy atom. The van der Waals surface area contributed by atoms with Crippen LogP contribution in [0.25, 0.3) is 0 Å². The number of carbonyl (C=O) groups excluding carboxylic acids is 1. The Hall–Kier alpha value is -1.88. The Labute approximate surface area is 128 Å². The third kappa shape index (κ3) is 3.42. The molecular formula is C16H19N3OS. The van der Waals surface area contributed by atoms with Gasteiger partial charge >= 0.3 is 0 Å². The van der Waals surface area contributed by atoms with Crippen LogP contribution in [0, 0.1) is 0 Å².